The van der Waals surface area contributed by atoms with Gasteiger partial charge in [-0.2, -0.15) is 0 Å². The molecule has 2 atom stereocenters. The van der Waals surface area contributed by atoms with Gasteiger partial charge in [-0.25, -0.2) is 4.79 Å². The quantitative estimate of drug-likeness (QED) is 0.532. The summed E-state index contributed by atoms with van der Waals surface area (Å²) in [4.78, 5) is 14.8. The highest BCUT2D eigenvalue weighted by atomic mass is 16.6. The van der Waals surface area contributed by atoms with Crippen molar-refractivity contribution in [2.45, 2.75) is 44.2 Å². The van der Waals surface area contributed by atoms with Gasteiger partial charge in [-0.15, -0.1) is 0 Å². The summed E-state index contributed by atoms with van der Waals surface area (Å²) < 4.78 is 11.3. The fourth-order valence-electron chi connectivity index (χ4n) is 5.30. The molecular weight excluding hydrogens is 386 g/mol. The fourth-order valence-corrected chi connectivity index (χ4v) is 5.30. The Morgan fingerprint density at radius 3 is 2.84 bits per heavy atom. The van der Waals surface area contributed by atoms with Crippen LogP contribution in [0.15, 0.2) is 59.7 Å². The van der Waals surface area contributed by atoms with E-state index in [2.05, 4.69) is 47.9 Å². The Balaban J connectivity index is 1.52. The maximum Gasteiger partial charge on any atom is 0.332 e. The minimum Gasteiger partial charge on any atom is -0.497 e. The van der Waals surface area contributed by atoms with E-state index in [1.54, 1.807) is 13.2 Å². The van der Waals surface area contributed by atoms with E-state index in [-0.39, 0.29) is 12.0 Å². The van der Waals surface area contributed by atoms with E-state index in [0.717, 1.165) is 59.2 Å². The molecule has 0 spiro atoms. The maximum atomic E-state index is 12.4. The summed E-state index contributed by atoms with van der Waals surface area (Å²) in [7, 11) is 1.68. The average Bonchev–Trinajstić information content (AvgIpc) is 3.10. The zero-order chi connectivity index (χ0) is 21.4. The number of rotatable bonds is 2. The van der Waals surface area contributed by atoms with Gasteiger partial charge in [0.15, 0.2) is 5.60 Å². The second-order valence-electron chi connectivity index (χ2n) is 8.52. The minimum atomic E-state index is -0.575. The normalized spacial score (nSPS) is 25.4. The van der Waals surface area contributed by atoms with Crippen molar-refractivity contribution in [1.29, 1.82) is 0 Å². The Bertz CT molecular complexity index is 1170. The molecule has 0 bridgehead atoms. The van der Waals surface area contributed by atoms with E-state index < -0.39 is 5.60 Å². The molecule has 4 heteroatoms. The van der Waals surface area contributed by atoms with E-state index in [4.69, 9.17) is 9.47 Å². The molecule has 5 rings (SSSR count). The Morgan fingerprint density at radius 2 is 2.00 bits per heavy atom. The van der Waals surface area contributed by atoms with E-state index in [1.165, 1.54) is 12.8 Å². The van der Waals surface area contributed by atoms with Crippen molar-refractivity contribution in [3.05, 3.63) is 65.3 Å². The summed E-state index contributed by atoms with van der Waals surface area (Å²) in [6.45, 7) is 4.01. The molecule has 1 fully saturated rings. The Hall–Kier alpha value is -3.03. The maximum absolute atomic E-state index is 12.4. The number of fused-ring (bicyclic) bond motifs is 4. The molecule has 2 aromatic carbocycles. The summed E-state index contributed by atoms with van der Waals surface area (Å²) >= 11 is 0. The van der Waals surface area contributed by atoms with Crippen LogP contribution in [-0.4, -0.2) is 42.7 Å². The number of methoxy groups -OCH3 is 1. The minimum absolute atomic E-state index is 0.232. The number of carbonyl (C=O) groups is 1. The second kappa shape index (κ2) is 7.90. The number of esters is 1. The van der Waals surface area contributed by atoms with Gasteiger partial charge in [0.2, 0.25) is 0 Å². The molecule has 4 nitrogen and oxygen atoms in total. The summed E-state index contributed by atoms with van der Waals surface area (Å²) in [6.07, 6.45) is 8.05. The van der Waals surface area contributed by atoms with Crippen molar-refractivity contribution in [3.8, 4) is 17.6 Å². The molecule has 0 aromatic heterocycles. The van der Waals surface area contributed by atoms with E-state index in [1.807, 2.05) is 18.2 Å². The molecule has 158 valence electrons. The predicted molar refractivity (Wildman–Crippen MR) is 122 cm³/mol. The highest BCUT2D eigenvalue weighted by Crippen LogP contribution is 2.45. The largest absolute Gasteiger partial charge is 0.497 e. The average molecular weight is 414 g/mol. The topological polar surface area (TPSA) is 38.8 Å². The smallest absolute Gasteiger partial charge is 0.332 e. The number of carbonyl (C=O) groups excluding carboxylic acids is 1. The zero-order valence-corrected chi connectivity index (χ0v) is 18.1. The number of benzene rings is 2. The number of nitrogens with zero attached hydrogens (tertiary/aromatic N) is 1. The Morgan fingerprint density at radius 1 is 1.16 bits per heavy atom. The lowest BCUT2D eigenvalue weighted by Crippen LogP contribution is -2.55. The molecule has 2 aromatic rings. The lowest BCUT2D eigenvalue weighted by atomic mass is 9.78. The summed E-state index contributed by atoms with van der Waals surface area (Å²) in [6, 6.07) is 12.5. The third-order valence-corrected chi connectivity index (χ3v) is 6.89. The van der Waals surface area contributed by atoms with Crippen molar-refractivity contribution >= 4 is 16.7 Å². The highest BCUT2D eigenvalue weighted by molar-refractivity contribution is 5.89. The van der Waals surface area contributed by atoms with Crippen LogP contribution in [0.25, 0.3) is 10.8 Å². The molecule has 0 unspecified atom stereocenters. The summed E-state index contributed by atoms with van der Waals surface area (Å²) in [5.74, 6) is 7.33. The molecule has 0 aliphatic carbocycles. The van der Waals surface area contributed by atoms with Crippen LogP contribution < -0.4 is 4.74 Å². The van der Waals surface area contributed by atoms with Crippen molar-refractivity contribution in [2.24, 2.45) is 0 Å². The standard InChI is InChI=1S/C27H27NO3/c1-3-27-24(18-26(29)31-27)20(13-15-28-14-5-4-6-25(27)28)9-7-19-8-10-22-17-23(30-2)12-11-21(22)16-19/h8,10-13,16-18,25H,3-6,14-15H2,1-2H3/t25-,27+/m1/s1. The first-order valence-electron chi connectivity index (χ1n) is 11.1. The van der Waals surface area contributed by atoms with Gasteiger partial charge < -0.3 is 9.47 Å². The summed E-state index contributed by atoms with van der Waals surface area (Å²) in [5, 5.41) is 2.25. The number of piperidine rings is 1. The summed E-state index contributed by atoms with van der Waals surface area (Å²) in [5.41, 5.74) is 2.27. The molecule has 3 aliphatic rings. The van der Waals surface area contributed by atoms with E-state index in [0.29, 0.717) is 0 Å². The van der Waals surface area contributed by atoms with Crippen LogP contribution in [0.1, 0.15) is 38.2 Å². The lowest BCUT2D eigenvalue weighted by Gasteiger charge is -2.44. The molecule has 3 aliphatic heterocycles. The molecular formula is C27H27NO3. The first-order valence-corrected chi connectivity index (χ1v) is 11.1. The van der Waals surface area contributed by atoms with Crippen LogP contribution >= 0.6 is 0 Å². The number of ether oxygens (including phenoxy) is 2. The molecule has 1 saturated heterocycles. The van der Waals surface area contributed by atoms with E-state index >= 15 is 0 Å². The monoisotopic (exact) mass is 413 g/mol. The van der Waals surface area contributed by atoms with Gasteiger partial charge in [0, 0.05) is 29.3 Å². The van der Waals surface area contributed by atoms with Gasteiger partial charge in [0.05, 0.1) is 13.2 Å². The van der Waals surface area contributed by atoms with Crippen LogP contribution in [-0.2, 0) is 9.53 Å². The van der Waals surface area contributed by atoms with Gasteiger partial charge in [0.25, 0.3) is 0 Å². The number of hydrogen-bond donors (Lipinski definition) is 0. The van der Waals surface area contributed by atoms with Crippen LogP contribution in [0.4, 0.5) is 0 Å². The van der Waals surface area contributed by atoms with Crippen molar-refractivity contribution < 1.29 is 14.3 Å². The Labute approximate surface area is 183 Å². The molecule has 0 N–H and O–H groups in total. The highest BCUT2D eigenvalue weighted by Gasteiger charge is 2.52. The van der Waals surface area contributed by atoms with Gasteiger partial charge >= 0.3 is 5.97 Å². The van der Waals surface area contributed by atoms with Gasteiger partial charge in [-0.05, 0) is 60.8 Å². The SMILES string of the molecule is CC[C@]12OC(=O)C=C1C(C#Cc1ccc3cc(OC)ccc3c1)=CCN1CCCC[C@@H]12. The van der Waals surface area contributed by atoms with Crippen LogP contribution in [0, 0.1) is 11.8 Å². The molecule has 0 amide bonds. The molecule has 0 saturated carbocycles. The van der Waals surface area contributed by atoms with Gasteiger partial charge in [0.1, 0.15) is 5.75 Å². The van der Waals surface area contributed by atoms with Crippen LogP contribution in [0.3, 0.4) is 0 Å². The van der Waals surface area contributed by atoms with Crippen molar-refractivity contribution in [2.75, 3.05) is 20.2 Å². The first-order chi connectivity index (χ1) is 15.1. The van der Waals surface area contributed by atoms with Gasteiger partial charge in [-0.1, -0.05) is 43.4 Å². The van der Waals surface area contributed by atoms with Crippen LogP contribution in [0.2, 0.25) is 0 Å². The Kier molecular flexibility index (Phi) is 5.08. The first kappa shape index (κ1) is 19.9. The van der Waals surface area contributed by atoms with Crippen LogP contribution in [0.5, 0.6) is 5.75 Å². The molecule has 0 radical (unpaired) electrons. The predicted octanol–water partition coefficient (Wildman–Crippen LogP) is 4.63. The third-order valence-electron chi connectivity index (χ3n) is 6.89. The molecule has 3 heterocycles. The second-order valence-corrected chi connectivity index (χ2v) is 8.52. The fraction of sp³-hybridized carbons (Fsp3) is 0.370. The third kappa shape index (κ3) is 3.43. The molecule has 31 heavy (non-hydrogen) atoms. The van der Waals surface area contributed by atoms with E-state index in [9.17, 15) is 4.79 Å². The van der Waals surface area contributed by atoms with Crippen molar-refractivity contribution in [1.82, 2.24) is 4.90 Å². The number of hydrogen-bond acceptors (Lipinski definition) is 4. The van der Waals surface area contributed by atoms with Crippen molar-refractivity contribution in [3.63, 3.8) is 0 Å². The van der Waals surface area contributed by atoms with Gasteiger partial charge in [-0.3, -0.25) is 4.90 Å². The zero-order valence-electron chi connectivity index (χ0n) is 18.1. The lowest BCUT2D eigenvalue weighted by molar-refractivity contribution is -0.153.